The highest BCUT2D eigenvalue weighted by Gasteiger charge is 2.14. The quantitative estimate of drug-likeness (QED) is 0.550. The van der Waals surface area contributed by atoms with Gasteiger partial charge in [0.15, 0.2) is 0 Å². The van der Waals surface area contributed by atoms with Crippen LogP contribution >= 0.6 is 23.4 Å². The van der Waals surface area contributed by atoms with Gasteiger partial charge in [-0.25, -0.2) is 4.98 Å². The van der Waals surface area contributed by atoms with Gasteiger partial charge in [-0.3, -0.25) is 4.79 Å². The predicted octanol–water partition coefficient (Wildman–Crippen LogP) is 5.20. The van der Waals surface area contributed by atoms with Gasteiger partial charge in [-0.05, 0) is 38.0 Å². The maximum absolute atomic E-state index is 12.0. The Labute approximate surface area is 174 Å². The summed E-state index contributed by atoms with van der Waals surface area (Å²) in [5.41, 5.74) is 4.08. The average Bonchev–Trinajstić information content (AvgIpc) is 3.04. The lowest BCUT2D eigenvalue weighted by molar-refractivity contribution is -0.118. The number of thioether (sulfide) groups is 1. The van der Waals surface area contributed by atoms with Crippen molar-refractivity contribution in [3.8, 4) is 11.5 Å². The smallest absolute Gasteiger partial charge is 0.230 e. The Bertz CT molecular complexity index is 938. The molecule has 146 valence electrons. The summed E-state index contributed by atoms with van der Waals surface area (Å²) in [5.74, 6) is 2.31. The van der Waals surface area contributed by atoms with E-state index in [1.165, 1.54) is 22.9 Å². The minimum absolute atomic E-state index is 0.0320. The topological polar surface area (TPSA) is 55.1 Å². The van der Waals surface area contributed by atoms with Crippen LogP contribution in [0.25, 0.3) is 11.5 Å². The maximum Gasteiger partial charge on any atom is 0.230 e. The number of benzene rings is 2. The SMILES string of the molecule is Cc1ccc(CCNC(=O)CSCc2nc(-c3ccccc3Cl)oc2C)cc1. The molecule has 1 aromatic heterocycles. The van der Waals surface area contributed by atoms with E-state index >= 15 is 0 Å². The molecular weight excluding hydrogens is 392 g/mol. The van der Waals surface area contributed by atoms with Crippen molar-refractivity contribution in [1.29, 1.82) is 0 Å². The third kappa shape index (κ3) is 5.63. The molecule has 0 unspecified atom stereocenters. The van der Waals surface area contributed by atoms with Crippen LogP contribution in [-0.2, 0) is 17.0 Å². The highest BCUT2D eigenvalue weighted by molar-refractivity contribution is 7.99. The molecule has 0 fully saturated rings. The Morgan fingerprint density at radius 3 is 2.64 bits per heavy atom. The van der Waals surface area contributed by atoms with Gasteiger partial charge in [0.2, 0.25) is 11.8 Å². The van der Waals surface area contributed by atoms with Crippen LogP contribution in [0, 0.1) is 13.8 Å². The van der Waals surface area contributed by atoms with Crippen molar-refractivity contribution in [2.75, 3.05) is 12.3 Å². The number of hydrogen-bond acceptors (Lipinski definition) is 4. The molecule has 0 aliphatic carbocycles. The van der Waals surface area contributed by atoms with E-state index in [-0.39, 0.29) is 5.91 Å². The van der Waals surface area contributed by atoms with Crippen molar-refractivity contribution in [1.82, 2.24) is 10.3 Å². The number of nitrogens with zero attached hydrogens (tertiary/aromatic N) is 1. The van der Waals surface area contributed by atoms with Gasteiger partial charge in [0.1, 0.15) is 5.76 Å². The summed E-state index contributed by atoms with van der Waals surface area (Å²) in [5, 5.41) is 3.57. The Kier molecular flexibility index (Phi) is 7.18. The van der Waals surface area contributed by atoms with Crippen molar-refractivity contribution >= 4 is 29.3 Å². The lowest BCUT2D eigenvalue weighted by Crippen LogP contribution is -2.27. The number of carbonyl (C=O) groups is 1. The molecule has 0 radical (unpaired) electrons. The summed E-state index contributed by atoms with van der Waals surface area (Å²) in [6.07, 6.45) is 0.834. The van der Waals surface area contributed by atoms with Gasteiger partial charge >= 0.3 is 0 Å². The molecule has 1 heterocycles. The summed E-state index contributed by atoms with van der Waals surface area (Å²) in [4.78, 5) is 16.6. The second-order valence-electron chi connectivity index (χ2n) is 6.58. The van der Waals surface area contributed by atoms with Gasteiger partial charge in [-0.15, -0.1) is 11.8 Å². The van der Waals surface area contributed by atoms with Crippen LogP contribution < -0.4 is 5.32 Å². The van der Waals surface area contributed by atoms with E-state index in [1.807, 2.05) is 31.2 Å². The summed E-state index contributed by atoms with van der Waals surface area (Å²) >= 11 is 7.73. The zero-order chi connectivity index (χ0) is 19.9. The van der Waals surface area contributed by atoms with Gasteiger partial charge in [0.05, 0.1) is 22.0 Å². The first-order valence-corrected chi connectivity index (χ1v) is 10.7. The second-order valence-corrected chi connectivity index (χ2v) is 7.97. The Balaban J connectivity index is 1.44. The molecule has 1 N–H and O–H groups in total. The van der Waals surface area contributed by atoms with Crippen molar-refractivity contribution in [2.24, 2.45) is 0 Å². The fourth-order valence-corrected chi connectivity index (χ4v) is 3.77. The maximum atomic E-state index is 12.0. The van der Waals surface area contributed by atoms with Gasteiger partial charge in [-0.1, -0.05) is 53.6 Å². The van der Waals surface area contributed by atoms with Crippen molar-refractivity contribution in [3.05, 3.63) is 76.1 Å². The van der Waals surface area contributed by atoms with E-state index in [1.54, 1.807) is 0 Å². The van der Waals surface area contributed by atoms with Crippen molar-refractivity contribution in [2.45, 2.75) is 26.0 Å². The molecule has 0 spiro atoms. The number of carbonyl (C=O) groups excluding carboxylic acids is 1. The number of oxazole rings is 1. The first-order valence-electron chi connectivity index (χ1n) is 9.14. The number of rotatable bonds is 8. The minimum Gasteiger partial charge on any atom is -0.441 e. The van der Waals surface area contributed by atoms with Crippen LogP contribution in [0.4, 0.5) is 0 Å². The monoisotopic (exact) mass is 414 g/mol. The molecule has 1 amide bonds. The highest BCUT2D eigenvalue weighted by Crippen LogP contribution is 2.29. The molecular formula is C22H23ClN2O2S. The van der Waals surface area contributed by atoms with E-state index in [9.17, 15) is 4.79 Å². The van der Waals surface area contributed by atoms with E-state index in [2.05, 4.69) is 41.5 Å². The van der Waals surface area contributed by atoms with E-state index < -0.39 is 0 Å². The average molecular weight is 415 g/mol. The zero-order valence-corrected chi connectivity index (χ0v) is 17.6. The molecule has 0 bridgehead atoms. The van der Waals surface area contributed by atoms with Crippen molar-refractivity contribution in [3.63, 3.8) is 0 Å². The van der Waals surface area contributed by atoms with Gasteiger partial charge in [0.25, 0.3) is 0 Å². The van der Waals surface area contributed by atoms with Crippen molar-refractivity contribution < 1.29 is 9.21 Å². The first-order chi connectivity index (χ1) is 13.5. The molecule has 0 aliphatic heterocycles. The fourth-order valence-electron chi connectivity index (χ4n) is 2.70. The molecule has 6 heteroatoms. The molecule has 28 heavy (non-hydrogen) atoms. The number of halogens is 1. The van der Waals surface area contributed by atoms with E-state index in [0.29, 0.717) is 29.0 Å². The Morgan fingerprint density at radius 2 is 1.89 bits per heavy atom. The Hall–Kier alpha value is -2.24. The van der Waals surface area contributed by atoms with Crippen LogP contribution in [0.2, 0.25) is 5.02 Å². The molecule has 0 saturated heterocycles. The van der Waals surface area contributed by atoms with Crippen LogP contribution in [0.3, 0.4) is 0 Å². The summed E-state index contributed by atoms with van der Waals surface area (Å²) in [7, 11) is 0. The van der Waals surface area contributed by atoms with Gasteiger partial charge < -0.3 is 9.73 Å². The summed E-state index contributed by atoms with van der Waals surface area (Å²) < 4.78 is 5.75. The highest BCUT2D eigenvalue weighted by atomic mass is 35.5. The largest absolute Gasteiger partial charge is 0.441 e. The van der Waals surface area contributed by atoms with Crippen LogP contribution in [0.1, 0.15) is 22.6 Å². The third-order valence-corrected chi connectivity index (χ3v) is 5.60. The predicted molar refractivity (Wildman–Crippen MR) is 116 cm³/mol. The molecule has 3 aromatic rings. The lowest BCUT2D eigenvalue weighted by Gasteiger charge is -2.05. The first kappa shape index (κ1) is 20.5. The second kappa shape index (κ2) is 9.80. The van der Waals surface area contributed by atoms with Crippen LogP contribution in [0.15, 0.2) is 52.9 Å². The normalized spacial score (nSPS) is 10.8. The minimum atomic E-state index is 0.0320. The molecule has 3 rings (SSSR count). The number of aryl methyl sites for hydroxylation is 2. The Morgan fingerprint density at radius 1 is 1.14 bits per heavy atom. The fraction of sp³-hybridized carbons (Fsp3) is 0.273. The number of aromatic nitrogens is 1. The molecule has 0 atom stereocenters. The third-order valence-electron chi connectivity index (χ3n) is 4.33. The number of nitrogens with one attached hydrogen (secondary N) is 1. The summed E-state index contributed by atoms with van der Waals surface area (Å²) in [6.45, 7) is 4.59. The number of hydrogen-bond donors (Lipinski definition) is 1. The zero-order valence-electron chi connectivity index (χ0n) is 16.0. The van der Waals surface area contributed by atoms with E-state index in [0.717, 1.165) is 23.4 Å². The van der Waals surface area contributed by atoms with Gasteiger partial charge in [0, 0.05) is 12.3 Å². The lowest BCUT2D eigenvalue weighted by atomic mass is 10.1. The molecule has 0 aliphatic rings. The number of amides is 1. The molecule has 4 nitrogen and oxygen atoms in total. The van der Waals surface area contributed by atoms with Gasteiger partial charge in [-0.2, -0.15) is 0 Å². The van der Waals surface area contributed by atoms with E-state index in [4.69, 9.17) is 16.0 Å². The summed E-state index contributed by atoms with van der Waals surface area (Å²) in [6, 6.07) is 15.8. The molecule has 2 aromatic carbocycles. The standard InChI is InChI=1S/C22H23ClN2O2S/c1-15-7-9-17(10-8-15)11-12-24-21(26)14-28-13-20-16(2)27-22(25-20)18-5-3-4-6-19(18)23/h3-10H,11-14H2,1-2H3,(H,24,26). The van der Waals surface area contributed by atoms with Crippen LogP contribution in [0.5, 0.6) is 0 Å². The molecule has 0 saturated carbocycles. The van der Waals surface area contributed by atoms with Crippen LogP contribution in [-0.4, -0.2) is 23.2 Å².